The topological polar surface area (TPSA) is 74.7 Å². The third-order valence-corrected chi connectivity index (χ3v) is 3.70. The van der Waals surface area contributed by atoms with Crippen LogP contribution < -0.4 is 0 Å². The Kier molecular flexibility index (Phi) is 4.42. The lowest BCUT2D eigenvalue weighted by Crippen LogP contribution is -2.27. The van der Waals surface area contributed by atoms with Crippen molar-refractivity contribution >= 4 is 28.7 Å². The highest BCUT2D eigenvalue weighted by Gasteiger charge is 2.28. The van der Waals surface area contributed by atoms with Crippen molar-refractivity contribution in [1.82, 2.24) is 4.90 Å². The molecule has 15 heavy (non-hydrogen) atoms. The molecule has 1 fully saturated rings. The molecule has 0 bridgehead atoms. The first kappa shape index (κ1) is 12.8. The fourth-order valence-electron chi connectivity index (χ4n) is 1.63. The van der Waals surface area contributed by atoms with Crippen molar-refractivity contribution in [3.63, 3.8) is 0 Å². The zero-order chi connectivity index (χ0) is 11.5. The highest BCUT2D eigenvalue weighted by Crippen LogP contribution is 2.18. The van der Waals surface area contributed by atoms with Gasteiger partial charge in [-0.15, -0.1) is 0 Å². The van der Waals surface area contributed by atoms with Crippen molar-refractivity contribution in [3.05, 3.63) is 0 Å². The standard InChI is InChI=1S/C8H15NO4S2/c10-8-4-7(6-14)5-9(8)2-1-3-15(11,12)13/h7,14H,1-6H2,(H,11,12,13). The van der Waals surface area contributed by atoms with Crippen LogP contribution in [-0.2, 0) is 14.9 Å². The number of thiol groups is 1. The summed E-state index contributed by atoms with van der Waals surface area (Å²) in [5.74, 6) is 0.694. The van der Waals surface area contributed by atoms with Crippen molar-refractivity contribution in [1.29, 1.82) is 0 Å². The van der Waals surface area contributed by atoms with Crippen LogP contribution in [0.4, 0.5) is 0 Å². The predicted octanol–water partition coefficient (Wildman–Crippen LogP) is 0.0426. The molecule has 0 saturated carbocycles. The summed E-state index contributed by atoms with van der Waals surface area (Å²) >= 11 is 4.12. The number of carbonyl (C=O) groups is 1. The largest absolute Gasteiger partial charge is 0.342 e. The second kappa shape index (κ2) is 5.18. The minimum absolute atomic E-state index is 0.0457. The van der Waals surface area contributed by atoms with E-state index >= 15 is 0 Å². The highest BCUT2D eigenvalue weighted by atomic mass is 32.2. The Hall–Kier alpha value is -0.270. The molecule has 0 aliphatic carbocycles. The van der Waals surface area contributed by atoms with Gasteiger partial charge in [-0.3, -0.25) is 9.35 Å². The van der Waals surface area contributed by atoms with E-state index in [9.17, 15) is 13.2 Å². The van der Waals surface area contributed by atoms with Crippen molar-refractivity contribution in [3.8, 4) is 0 Å². The summed E-state index contributed by atoms with van der Waals surface area (Å²) in [6.07, 6.45) is 0.777. The lowest BCUT2D eigenvalue weighted by molar-refractivity contribution is -0.127. The third-order valence-electron chi connectivity index (χ3n) is 2.38. The number of carbonyl (C=O) groups excluding carboxylic acids is 1. The summed E-state index contributed by atoms with van der Waals surface area (Å²) in [5.41, 5.74) is 0. The number of likely N-dealkylation sites (tertiary alicyclic amines) is 1. The van der Waals surface area contributed by atoms with Gasteiger partial charge in [0, 0.05) is 19.5 Å². The van der Waals surface area contributed by atoms with E-state index in [1.807, 2.05) is 0 Å². The quantitative estimate of drug-likeness (QED) is 0.536. The van der Waals surface area contributed by atoms with E-state index in [1.54, 1.807) is 4.90 Å². The van der Waals surface area contributed by atoms with E-state index in [-0.39, 0.29) is 24.0 Å². The van der Waals surface area contributed by atoms with Gasteiger partial charge in [0.05, 0.1) is 5.75 Å². The molecule has 7 heteroatoms. The second-order valence-corrected chi connectivity index (χ2v) is 5.67. The summed E-state index contributed by atoms with van der Waals surface area (Å²) in [6, 6.07) is 0. The molecule has 1 rings (SSSR count). The maximum absolute atomic E-state index is 11.4. The Morgan fingerprint density at radius 3 is 2.67 bits per heavy atom. The van der Waals surface area contributed by atoms with Gasteiger partial charge in [0.15, 0.2) is 0 Å². The van der Waals surface area contributed by atoms with Crippen LogP contribution in [0.25, 0.3) is 0 Å². The minimum atomic E-state index is -3.91. The van der Waals surface area contributed by atoms with Gasteiger partial charge in [-0.2, -0.15) is 21.0 Å². The Bertz CT molecular complexity index is 328. The first-order valence-corrected chi connectivity index (χ1v) is 7.00. The number of hydrogen-bond donors (Lipinski definition) is 2. The Morgan fingerprint density at radius 1 is 1.53 bits per heavy atom. The average molecular weight is 253 g/mol. The molecule has 0 aromatic carbocycles. The summed E-state index contributed by atoms with van der Waals surface area (Å²) in [4.78, 5) is 13.0. The minimum Gasteiger partial charge on any atom is -0.342 e. The molecule has 1 aliphatic rings. The maximum atomic E-state index is 11.4. The molecule has 5 nitrogen and oxygen atoms in total. The van der Waals surface area contributed by atoms with Gasteiger partial charge in [0.1, 0.15) is 0 Å². The average Bonchev–Trinajstić information content (AvgIpc) is 2.45. The molecule has 0 spiro atoms. The van der Waals surface area contributed by atoms with Crippen LogP contribution in [-0.4, -0.2) is 48.4 Å². The molecule has 1 atom stereocenters. The summed E-state index contributed by atoms with van der Waals surface area (Å²) < 4.78 is 29.4. The number of hydrogen-bond acceptors (Lipinski definition) is 4. The Morgan fingerprint density at radius 2 is 2.20 bits per heavy atom. The molecule has 1 aliphatic heterocycles. The van der Waals surface area contributed by atoms with E-state index < -0.39 is 10.1 Å². The molecule has 1 amide bonds. The lowest BCUT2D eigenvalue weighted by Gasteiger charge is -2.15. The first-order valence-electron chi connectivity index (χ1n) is 4.76. The van der Waals surface area contributed by atoms with Crippen LogP contribution >= 0.6 is 12.6 Å². The van der Waals surface area contributed by atoms with Crippen LogP contribution in [0.2, 0.25) is 0 Å². The lowest BCUT2D eigenvalue weighted by atomic mass is 10.1. The predicted molar refractivity (Wildman–Crippen MR) is 59.6 cm³/mol. The third kappa shape index (κ3) is 4.40. The molecular weight excluding hydrogens is 238 g/mol. The molecule has 1 unspecified atom stereocenters. The fourth-order valence-corrected chi connectivity index (χ4v) is 2.37. The molecule has 0 aromatic rings. The molecule has 0 aromatic heterocycles. The van der Waals surface area contributed by atoms with Crippen molar-refractivity contribution < 1.29 is 17.8 Å². The van der Waals surface area contributed by atoms with E-state index in [0.717, 1.165) is 0 Å². The number of amides is 1. The second-order valence-electron chi connectivity index (χ2n) is 3.73. The summed E-state index contributed by atoms with van der Waals surface area (Å²) in [6.45, 7) is 1.04. The molecule has 88 valence electrons. The van der Waals surface area contributed by atoms with E-state index in [1.165, 1.54) is 0 Å². The SMILES string of the molecule is O=C1CC(CS)CN1CCCS(=O)(=O)O. The van der Waals surface area contributed by atoms with Crippen LogP contribution in [0.5, 0.6) is 0 Å². The summed E-state index contributed by atoms with van der Waals surface area (Å²) in [5, 5.41) is 0. The number of rotatable bonds is 5. The molecule has 1 heterocycles. The van der Waals surface area contributed by atoms with E-state index in [2.05, 4.69) is 12.6 Å². The zero-order valence-corrected chi connectivity index (χ0v) is 10.0. The first-order chi connectivity index (χ1) is 6.92. The molecular formula is C8H15NO4S2. The number of nitrogens with zero attached hydrogens (tertiary/aromatic N) is 1. The molecule has 1 saturated heterocycles. The van der Waals surface area contributed by atoms with Gasteiger partial charge in [0.2, 0.25) is 5.91 Å². The Balaban J connectivity index is 2.31. The van der Waals surface area contributed by atoms with Crippen LogP contribution in [0.1, 0.15) is 12.8 Å². The van der Waals surface area contributed by atoms with Gasteiger partial charge in [0.25, 0.3) is 10.1 Å². The van der Waals surface area contributed by atoms with Crippen molar-refractivity contribution in [2.24, 2.45) is 5.92 Å². The zero-order valence-electron chi connectivity index (χ0n) is 8.29. The van der Waals surface area contributed by atoms with Crippen LogP contribution in [0, 0.1) is 5.92 Å². The summed E-state index contributed by atoms with van der Waals surface area (Å²) in [7, 11) is -3.91. The fraction of sp³-hybridized carbons (Fsp3) is 0.875. The van der Waals surface area contributed by atoms with Gasteiger partial charge < -0.3 is 4.90 Å². The van der Waals surface area contributed by atoms with Gasteiger partial charge in [-0.05, 0) is 18.1 Å². The van der Waals surface area contributed by atoms with E-state index in [4.69, 9.17) is 4.55 Å². The highest BCUT2D eigenvalue weighted by molar-refractivity contribution is 7.85. The van der Waals surface area contributed by atoms with Crippen molar-refractivity contribution in [2.45, 2.75) is 12.8 Å². The van der Waals surface area contributed by atoms with Crippen LogP contribution in [0.15, 0.2) is 0 Å². The molecule has 1 N–H and O–H groups in total. The monoisotopic (exact) mass is 253 g/mol. The maximum Gasteiger partial charge on any atom is 0.264 e. The Labute approximate surface area is 95.0 Å². The van der Waals surface area contributed by atoms with Gasteiger partial charge in [-0.1, -0.05) is 0 Å². The van der Waals surface area contributed by atoms with Crippen LogP contribution in [0.3, 0.4) is 0 Å². The normalized spacial score (nSPS) is 22.4. The van der Waals surface area contributed by atoms with Gasteiger partial charge >= 0.3 is 0 Å². The smallest absolute Gasteiger partial charge is 0.264 e. The van der Waals surface area contributed by atoms with Crippen molar-refractivity contribution in [2.75, 3.05) is 24.6 Å². The molecule has 0 radical (unpaired) electrons. The van der Waals surface area contributed by atoms with Gasteiger partial charge in [-0.25, -0.2) is 0 Å². The van der Waals surface area contributed by atoms with E-state index in [0.29, 0.717) is 25.3 Å².